The van der Waals surface area contributed by atoms with Crippen LogP contribution in [0, 0.1) is 5.92 Å². The molecule has 3 heteroatoms. The highest BCUT2D eigenvalue weighted by atomic mass is 16.3. The van der Waals surface area contributed by atoms with E-state index >= 15 is 0 Å². The van der Waals surface area contributed by atoms with Crippen LogP contribution in [0.5, 0.6) is 0 Å². The highest BCUT2D eigenvalue weighted by Gasteiger charge is 2.17. The fourth-order valence-corrected chi connectivity index (χ4v) is 2.00. The van der Waals surface area contributed by atoms with Crippen molar-refractivity contribution in [3.05, 3.63) is 0 Å². The summed E-state index contributed by atoms with van der Waals surface area (Å²) in [6.07, 6.45) is 2.40. The van der Waals surface area contributed by atoms with Crippen LogP contribution in [0.25, 0.3) is 0 Å². The third-order valence-corrected chi connectivity index (χ3v) is 3.03. The van der Waals surface area contributed by atoms with Gasteiger partial charge in [0.15, 0.2) is 0 Å². The Kier molecular flexibility index (Phi) is 5.45. The third kappa shape index (κ3) is 4.40. The maximum absolute atomic E-state index is 9.09. The van der Waals surface area contributed by atoms with Gasteiger partial charge in [-0.05, 0) is 51.9 Å². The predicted octanol–water partition coefficient (Wildman–Crippen LogP) is 0.689. The first kappa shape index (κ1) is 12.0. The molecule has 0 bridgehead atoms. The van der Waals surface area contributed by atoms with Crippen LogP contribution in [-0.4, -0.2) is 48.8 Å². The summed E-state index contributed by atoms with van der Waals surface area (Å²) in [5.41, 5.74) is 0. The molecule has 84 valence electrons. The van der Waals surface area contributed by atoms with Gasteiger partial charge in [-0.15, -0.1) is 0 Å². The molecule has 0 amide bonds. The molecule has 14 heavy (non-hydrogen) atoms. The van der Waals surface area contributed by atoms with Crippen molar-refractivity contribution in [3.8, 4) is 0 Å². The van der Waals surface area contributed by atoms with Crippen molar-refractivity contribution in [2.45, 2.75) is 32.8 Å². The molecule has 3 nitrogen and oxygen atoms in total. The summed E-state index contributed by atoms with van der Waals surface area (Å²) in [5.74, 6) is 0.816. The summed E-state index contributed by atoms with van der Waals surface area (Å²) in [5, 5.41) is 12.4. The van der Waals surface area contributed by atoms with Gasteiger partial charge in [-0.1, -0.05) is 6.92 Å². The van der Waals surface area contributed by atoms with Gasteiger partial charge in [0.05, 0.1) is 6.10 Å². The first-order valence-electron chi connectivity index (χ1n) is 5.83. The van der Waals surface area contributed by atoms with Crippen LogP contribution in [0.1, 0.15) is 26.7 Å². The molecule has 0 spiro atoms. The van der Waals surface area contributed by atoms with Crippen LogP contribution in [-0.2, 0) is 0 Å². The van der Waals surface area contributed by atoms with Crippen molar-refractivity contribution >= 4 is 0 Å². The number of likely N-dealkylation sites (tertiary alicyclic amines) is 1. The molecule has 1 saturated heterocycles. The maximum Gasteiger partial charge on any atom is 0.0636 e. The Morgan fingerprint density at radius 1 is 1.43 bits per heavy atom. The van der Waals surface area contributed by atoms with Gasteiger partial charge < -0.3 is 15.3 Å². The zero-order valence-corrected chi connectivity index (χ0v) is 9.50. The Labute approximate surface area is 87.5 Å². The number of aliphatic hydroxyl groups is 1. The highest BCUT2D eigenvalue weighted by molar-refractivity contribution is 4.73. The molecule has 1 aliphatic heterocycles. The molecule has 1 rings (SSSR count). The minimum Gasteiger partial charge on any atom is -0.392 e. The number of nitrogens with zero attached hydrogens (tertiary/aromatic N) is 1. The molecule has 0 radical (unpaired) electrons. The Morgan fingerprint density at radius 3 is 2.57 bits per heavy atom. The van der Waals surface area contributed by atoms with Crippen molar-refractivity contribution in [1.82, 2.24) is 10.2 Å². The Balaban J connectivity index is 2.04. The van der Waals surface area contributed by atoms with Crippen molar-refractivity contribution in [2.75, 3.05) is 32.7 Å². The zero-order chi connectivity index (χ0) is 10.4. The van der Waals surface area contributed by atoms with Crippen molar-refractivity contribution in [1.29, 1.82) is 0 Å². The molecule has 0 aromatic heterocycles. The quantitative estimate of drug-likeness (QED) is 0.685. The van der Waals surface area contributed by atoms with E-state index in [1.165, 1.54) is 32.5 Å². The van der Waals surface area contributed by atoms with Gasteiger partial charge in [0.25, 0.3) is 0 Å². The lowest BCUT2D eigenvalue weighted by Crippen LogP contribution is -2.38. The van der Waals surface area contributed by atoms with Gasteiger partial charge in [-0.25, -0.2) is 0 Å². The number of rotatable bonds is 5. The topological polar surface area (TPSA) is 35.5 Å². The molecule has 2 N–H and O–H groups in total. The predicted molar refractivity (Wildman–Crippen MR) is 59.4 cm³/mol. The molecule has 0 unspecified atom stereocenters. The zero-order valence-electron chi connectivity index (χ0n) is 9.50. The van der Waals surface area contributed by atoms with Crippen molar-refractivity contribution in [3.63, 3.8) is 0 Å². The first-order chi connectivity index (χ1) is 6.72. The Bertz CT molecular complexity index is 142. The first-order valence-corrected chi connectivity index (χ1v) is 5.83. The molecule has 1 fully saturated rings. The fourth-order valence-electron chi connectivity index (χ4n) is 2.00. The smallest absolute Gasteiger partial charge is 0.0636 e. The maximum atomic E-state index is 9.09. The summed E-state index contributed by atoms with van der Waals surface area (Å²) >= 11 is 0. The number of hydrogen-bond acceptors (Lipinski definition) is 3. The minimum absolute atomic E-state index is 0.217. The van der Waals surface area contributed by atoms with Crippen LogP contribution in [0.2, 0.25) is 0 Å². The highest BCUT2D eigenvalue weighted by Crippen LogP contribution is 2.15. The molecular weight excluding hydrogens is 176 g/mol. The fraction of sp³-hybridized carbons (Fsp3) is 1.00. The standard InChI is InChI=1S/C11H24N2O/c1-3-13-6-4-11(5-7-13)9-12-8-10(2)14/h10-12,14H,3-9H2,1-2H3/t10-/m0/s1. The monoisotopic (exact) mass is 200 g/mol. The number of piperidine rings is 1. The van der Waals surface area contributed by atoms with Crippen LogP contribution in [0.15, 0.2) is 0 Å². The third-order valence-electron chi connectivity index (χ3n) is 3.03. The van der Waals surface area contributed by atoms with E-state index in [-0.39, 0.29) is 6.10 Å². The number of aliphatic hydroxyl groups excluding tert-OH is 1. The van der Waals surface area contributed by atoms with Gasteiger partial charge in [-0.3, -0.25) is 0 Å². The molecule has 1 heterocycles. The molecule has 1 aliphatic rings. The summed E-state index contributed by atoms with van der Waals surface area (Å²) in [6, 6.07) is 0. The lowest BCUT2D eigenvalue weighted by atomic mass is 9.97. The normalized spacial score (nSPS) is 22.5. The molecular formula is C11H24N2O. The van der Waals surface area contributed by atoms with E-state index in [0.29, 0.717) is 0 Å². The van der Waals surface area contributed by atoms with E-state index in [0.717, 1.165) is 19.0 Å². The summed E-state index contributed by atoms with van der Waals surface area (Å²) < 4.78 is 0. The van der Waals surface area contributed by atoms with Crippen LogP contribution in [0.4, 0.5) is 0 Å². The van der Waals surface area contributed by atoms with E-state index in [1.54, 1.807) is 0 Å². The average molecular weight is 200 g/mol. The second kappa shape index (κ2) is 6.38. The Hall–Kier alpha value is -0.120. The van der Waals surface area contributed by atoms with E-state index in [1.807, 2.05) is 6.92 Å². The molecule has 0 aromatic rings. The lowest BCUT2D eigenvalue weighted by Gasteiger charge is -2.31. The minimum atomic E-state index is -0.217. The van der Waals surface area contributed by atoms with Crippen molar-refractivity contribution in [2.24, 2.45) is 5.92 Å². The van der Waals surface area contributed by atoms with Gasteiger partial charge in [-0.2, -0.15) is 0 Å². The largest absolute Gasteiger partial charge is 0.392 e. The SMILES string of the molecule is CCN1CCC(CNC[C@H](C)O)CC1. The van der Waals surface area contributed by atoms with Gasteiger partial charge in [0, 0.05) is 6.54 Å². The molecule has 0 aliphatic carbocycles. The second-order valence-electron chi connectivity index (χ2n) is 4.38. The van der Waals surface area contributed by atoms with E-state index < -0.39 is 0 Å². The van der Waals surface area contributed by atoms with Gasteiger partial charge in [0.2, 0.25) is 0 Å². The van der Waals surface area contributed by atoms with Crippen LogP contribution in [0.3, 0.4) is 0 Å². The molecule has 0 saturated carbocycles. The van der Waals surface area contributed by atoms with Crippen LogP contribution >= 0.6 is 0 Å². The Morgan fingerprint density at radius 2 is 2.07 bits per heavy atom. The second-order valence-corrected chi connectivity index (χ2v) is 4.38. The molecule has 0 aromatic carbocycles. The lowest BCUT2D eigenvalue weighted by molar-refractivity contribution is 0.171. The number of nitrogens with one attached hydrogen (secondary N) is 1. The number of hydrogen-bond donors (Lipinski definition) is 2. The summed E-state index contributed by atoms with van der Waals surface area (Å²) in [7, 11) is 0. The van der Waals surface area contributed by atoms with E-state index in [9.17, 15) is 0 Å². The van der Waals surface area contributed by atoms with Crippen LogP contribution < -0.4 is 5.32 Å². The van der Waals surface area contributed by atoms with Crippen molar-refractivity contribution < 1.29 is 5.11 Å². The molecule has 1 atom stereocenters. The average Bonchev–Trinajstić information content (AvgIpc) is 2.18. The van der Waals surface area contributed by atoms with E-state index in [2.05, 4.69) is 17.1 Å². The summed E-state index contributed by atoms with van der Waals surface area (Å²) in [4.78, 5) is 2.51. The summed E-state index contributed by atoms with van der Waals surface area (Å²) in [6.45, 7) is 9.54. The van der Waals surface area contributed by atoms with E-state index in [4.69, 9.17) is 5.11 Å². The van der Waals surface area contributed by atoms with Gasteiger partial charge in [0.1, 0.15) is 0 Å². The van der Waals surface area contributed by atoms with Gasteiger partial charge >= 0.3 is 0 Å².